The summed E-state index contributed by atoms with van der Waals surface area (Å²) in [5.41, 5.74) is 6.65. The number of nitrogens with zero attached hydrogens (tertiary/aromatic N) is 1. The van der Waals surface area contributed by atoms with Crippen LogP contribution in [0.3, 0.4) is 0 Å². The van der Waals surface area contributed by atoms with E-state index >= 15 is 0 Å². The van der Waals surface area contributed by atoms with Gasteiger partial charge in [-0.05, 0) is 42.6 Å². The second kappa shape index (κ2) is 5.41. The predicted molar refractivity (Wildman–Crippen MR) is 77.7 cm³/mol. The lowest BCUT2D eigenvalue weighted by molar-refractivity contribution is 0.584. The molecule has 5 nitrogen and oxygen atoms in total. The zero-order valence-corrected chi connectivity index (χ0v) is 11.8. The van der Waals surface area contributed by atoms with Gasteiger partial charge in [-0.3, -0.25) is 0 Å². The van der Waals surface area contributed by atoms with Crippen LogP contribution in [0, 0.1) is 0 Å². The first-order valence-electron chi connectivity index (χ1n) is 5.44. The minimum absolute atomic E-state index is 0.129. The van der Waals surface area contributed by atoms with Crippen LogP contribution in [0.5, 0.6) is 0 Å². The molecular weight excluding hydrogens is 282 g/mol. The lowest BCUT2D eigenvalue weighted by atomic mass is 10.3. The van der Waals surface area contributed by atoms with Gasteiger partial charge in [0.05, 0.1) is 15.5 Å². The number of nitrogen functional groups attached to an aromatic ring is 1. The van der Waals surface area contributed by atoms with Crippen molar-refractivity contribution in [2.75, 3.05) is 5.73 Å². The molecule has 0 saturated carbocycles. The zero-order valence-electron chi connectivity index (χ0n) is 10.2. The second-order valence-corrected chi connectivity index (χ2v) is 6.45. The lowest BCUT2D eigenvalue weighted by Crippen LogP contribution is -2.19. The van der Waals surface area contributed by atoms with E-state index in [0.29, 0.717) is 11.4 Å². The molecule has 3 N–H and O–H groups in total. The molecule has 1 aromatic heterocycles. The first-order chi connectivity index (χ1) is 8.99. The van der Waals surface area contributed by atoms with Gasteiger partial charge in [0.2, 0.25) is 0 Å². The van der Waals surface area contributed by atoms with E-state index in [0.717, 1.165) is 4.88 Å². The molecule has 19 heavy (non-hydrogen) atoms. The third kappa shape index (κ3) is 3.33. The van der Waals surface area contributed by atoms with Crippen LogP contribution in [-0.4, -0.2) is 14.1 Å². The third-order valence-corrected chi connectivity index (χ3v) is 4.60. The van der Waals surface area contributed by atoms with Crippen molar-refractivity contribution < 1.29 is 8.42 Å². The number of anilines is 1. The van der Waals surface area contributed by atoms with Gasteiger partial charge in [0, 0.05) is 5.69 Å². The van der Waals surface area contributed by atoms with Gasteiger partial charge in [-0.2, -0.15) is 18.4 Å². The largest absolute Gasteiger partial charge is 0.399 e. The van der Waals surface area contributed by atoms with Gasteiger partial charge in [0.1, 0.15) is 0 Å². The normalized spacial score (nSPS) is 12.4. The first kappa shape index (κ1) is 13.6. The van der Waals surface area contributed by atoms with Gasteiger partial charge in [-0.25, -0.2) is 0 Å². The minimum Gasteiger partial charge on any atom is -0.399 e. The van der Waals surface area contributed by atoms with Crippen molar-refractivity contribution in [3.8, 4) is 0 Å². The van der Waals surface area contributed by atoms with Crippen molar-refractivity contribution in [3.63, 3.8) is 0 Å². The van der Waals surface area contributed by atoms with E-state index in [9.17, 15) is 8.42 Å². The summed E-state index contributed by atoms with van der Waals surface area (Å²) >= 11 is 1.50. The van der Waals surface area contributed by atoms with Gasteiger partial charge in [0.25, 0.3) is 10.0 Å². The highest BCUT2D eigenvalue weighted by Gasteiger charge is 2.12. The molecular formula is C12H13N3O2S2. The van der Waals surface area contributed by atoms with E-state index < -0.39 is 10.0 Å². The maximum absolute atomic E-state index is 12.0. The molecule has 0 spiro atoms. The topological polar surface area (TPSA) is 84.5 Å². The molecule has 0 atom stereocenters. The summed E-state index contributed by atoms with van der Waals surface area (Å²) in [7, 11) is -3.65. The van der Waals surface area contributed by atoms with Crippen LogP contribution < -0.4 is 10.6 Å². The Kier molecular flexibility index (Phi) is 3.87. The highest BCUT2D eigenvalue weighted by molar-refractivity contribution is 7.89. The summed E-state index contributed by atoms with van der Waals surface area (Å²) in [4.78, 5) is 3.25. The lowest BCUT2D eigenvalue weighted by Gasteiger charge is -2.04. The van der Waals surface area contributed by atoms with E-state index in [1.165, 1.54) is 35.6 Å². The Morgan fingerprint density at radius 3 is 2.53 bits per heavy atom. The average molecular weight is 295 g/mol. The third-order valence-electron chi connectivity index (χ3n) is 2.40. The number of sulfonamides is 1. The molecule has 0 saturated heterocycles. The molecule has 1 heterocycles. The van der Waals surface area contributed by atoms with Crippen LogP contribution in [0.4, 0.5) is 5.69 Å². The predicted octanol–water partition coefficient (Wildman–Crippen LogP) is 2.03. The monoisotopic (exact) mass is 295 g/mol. The Morgan fingerprint density at radius 1 is 1.26 bits per heavy atom. The number of thiophene rings is 1. The maximum atomic E-state index is 12.0. The molecule has 7 heteroatoms. The van der Waals surface area contributed by atoms with Crippen LogP contribution in [0.15, 0.2) is 51.8 Å². The summed E-state index contributed by atoms with van der Waals surface area (Å²) in [5.74, 6) is 0. The summed E-state index contributed by atoms with van der Waals surface area (Å²) in [5, 5.41) is 5.80. The molecule has 0 radical (unpaired) electrons. The van der Waals surface area contributed by atoms with Crippen LogP contribution in [-0.2, 0) is 10.0 Å². The number of hydrogen-bond acceptors (Lipinski definition) is 5. The van der Waals surface area contributed by atoms with Gasteiger partial charge < -0.3 is 5.73 Å². The fourth-order valence-corrected chi connectivity index (χ4v) is 2.90. The van der Waals surface area contributed by atoms with Gasteiger partial charge in [-0.1, -0.05) is 6.07 Å². The number of nitrogens with one attached hydrogen (secondary N) is 1. The van der Waals surface area contributed by atoms with Crippen LogP contribution in [0.1, 0.15) is 11.8 Å². The van der Waals surface area contributed by atoms with E-state index in [1.807, 2.05) is 17.5 Å². The van der Waals surface area contributed by atoms with Crippen LogP contribution in [0.25, 0.3) is 0 Å². The Morgan fingerprint density at radius 2 is 1.95 bits per heavy atom. The number of rotatable bonds is 4. The molecule has 2 rings (SSSR count). The van der Waals surface area contributed by atoms with Crippen molar-refractivity contribution in [1.29, 1.82) is 0 Å². The van der Waals surface area contributed by atoms with Crippen molar-refractivity contribution in [2.24, 2.45) is 5.10 Å². The van der Waals surface area contributed by atoms with Crippen molar-refractivity contribution in [2.45, 2.75) is 11.8 Å². The van der Waals surface area contributed by atoms with Crippen LogP contribution in [0.2, 0.25) is 0 Å². The SMILES string of the molecule is C/C(=N/NS(=O)(=O)c1ccc(N)cc1)c1cccs1. The molecule has 0 fully saturated rings. The zero-order chi connectivity index (χ0) is 13.9. The van der Waals surface area contributed by atoms with E-state index in [2.05, 4.69) is 9.93 Å². The second-order valence-electron chi connectivity index (χ2n) is 3.84. The summed E-state index contributed by atoms with van der Waals surface area (Å²) in [6.45, 7) is 1.75. The number of hydrogen-bond donors (Lipinski definition) is 2. The molecule has 0 bridgehead atoms. The van der Waals surface area contributed by atoms with Crippen molar-refractivity contribution in [1.82, 2.24) is 4.83 Å². The molecule has 0 aliphatic rings. The molecule has 2 aromatic rings. The van der Waals surface area contributed by atoms with Gasteiger partial charge >= 0.3 is 0 Å². The first-order valence-corrected chi connectivity index (χ1v) is 7.81. The Hall–Kier alpha value is -1.86. The number of benzene rings is 1. The van der Waals surface area contributed by atoms with E-state index in [4.69, 9.17) is 5.73 Å². The van der Waals surface area contributed by atoms with Crippen molar-refractivity contribution >= 4 is 32.8 Å². The molecule has 0 unspecified atom stereocenters. The van der Waals surface area contributed by atoms with E-state index in [-0.39, 0.29) is 4.90 Å². The molecule has 1 aromatic carbocycles. The highest BCUT2D eigenvalue weighted by Crippen LogP contribution is 2.12. The maximum Gasteiger partial charge on any atom is 0.276 e. The average Bonchev–Trinajstić information content (AvgIpc) is 2.90. The summed E-state index contributed by atoms with van der Waals surface area (Å²) < 4.78 is 23.9. The Labute approximate surface area is 115 Å². The Balaban J connectivity index is 2.18. The van der Waals surface area contributed by atoms with Gasteiger partial charge in [-0.15, -0.1) is 11.3 Å². The molecule has 0 aliphatic heterocycles. The quantitative estimate of drug-likeness (QED) is 0.514. The molecule has 100 valence electrons. The van der Waals surface area contributed by atoms with Crippen molar-refractivity contribution in [3.05, 3.63) is 46.7 Å². The molecule has 0 amide bonds. The number of hydrazone groups is 1. The summed E-state index contributed by atoms with van der Waals surface area (Å²) in [6.07, 6.45) is 0. The number of nitrogens with two attached hydrogens (primary N) is 1. The van der Waals surface area contributed by atoms with Crippen LogP contribution >= 0.6 is 11.3 Å². The fraction of sp³-hybridized carbons (Fsp3) is 0.0833. The van der Waals surface area contributed by atoms with Gasteiger partial charge in [0.15, 0.2) is 0 Å². The summed E-state index contributed by atoms with van der Waals surface area (Å²) in [6, 6.07) is 9.70. The highest BCUT2D eigenvalue weighted by atomic mass is 32.2. The van der Waals surface area contributed by atoms with E-state index in [1.54, 1.807) is 6.92 Å². The molecule has 0 aliphatic carbocycles. The minimum atomic E-state index is -3.65. The fourth-order valence-electron chi connectivity index (χ4n) is 1.37. The smallest absolute Gasteiger partial charge is 0.276 e. The Bertz CT molecular complexity index is 674. The standard InChI is InChI=1S/C12H13N3O2S2/c1-9(12-3-2-8-18-12)14-15-19(16,17)11-6-4-10(13)5-7-11/h2-8,15H,13H2,1H3/b14-9-.